The molecule has 1 unspecified atom stereocenters. The molecular weight excluding hydrogens is 476 g/mol. The van der Waals surface area contributed by atoms with Crippen molar-refractivity contribution in [2.45, 2.75) is 11.1 Å². The molecule has 182 valence electrons. The molecule has 2 aromatic heterocycles. The van der Waals surface area contributed by atoms with E-state index in [1.165, 1.54) is 18.7 Å². The largest absolute Gasteiger partial charge is 0.497 e. The van der Waals surface area contributed by atoms with Crippen LogP contribution >= 0.6 is 0 Å². The molecule has 0 saturated carbocycles. The monoisotopic (exact) mass is 500 g/mol. The fourth-order valence-electron chi connectivity index (χ4n) is 4.15. The van der Waals surface area contributed by atoms with Crippen LogP contribution in [0, 0.1) is 0 Å². The molecule has 0 fully saturated rings. The van der Waals surface area contributed by atoms with Crippen molar-refractivity contribution in [1.29, 1.82) is 0 Å². The smallest absolute Gasteiger partial charge is 0.287 e. The average molecular weight is 501 g/mol. The Hall–Kier alpha value is -4.37. The fraction of sp³-hybridized carbons (Fsp3) is 0.111. The van der Waals surface area contributed by atoms with E-state index in [4.69, 9.17) is 4.74 Å². The summed E-state index contributed by atoms with van der Waals surface area (Å²) in [6, 6.07) is 22.8. The van der Waals surface area contributed by atoms with E-state index in [0.717, 1.165) is 9.54 Å². The first kappa shape index (κ1) is 23.4. The van der Waals surface area contributed by atoms with Crippen molar-refractivity contribution in [3.63, 3.8) is 0 Å². The van der Waals surface area contributed by atoms with Crippen LogP contribution in [0.4, 0.5) is 5.69 Å². The number of nitrogens with one attached hydrogen (secondary N) is 1. The van der Waals surface area contributed by atoms with E-state index < -0.39 is 16.1 Å². The zero-order valence-electron chi connectivity index (χ0n) is 19.7. The standard InChI is InChI=1S/C27H24N4O4S/c1-30-17-25(28-18-30)36(33,34)31-16-23(22-13-6-7-14-24(22)31)27(32)26(19-9-4-3-5-10-19)29-20-11-8-12-21(15-20)35-2/h3-18,26,29H,1-2H3. The number of hydrogen-bond donors (Lipinski definition) is 1. The summed E-state index contributed by atoms with van der Waals surface area (Å²) in [5, 5.41) is 3.75. The van der Waals surface area contributed by atoms with Crippen LogP contribution in [0.15, 0.2) is 103 Å². The van der Waals surface area contributed by atoms with Crippen LogP contribution in [0.25, 0.3) is 10.9 Å². The Morgan fingerprint density at radius 3 is 2.44 bits per heavy atom. The number of nitrogens with zero attached hydrogens (tertiary/aromatic N) is 3. The van der Waals surface area contributed by atoms with Crippen molar-refractivity contribution in [2.75, 3.05) is 12.4 Å². The minimum absolute atomic E-state index is 0.0983. The summed E-state index contributed by atoms with van der Waals surface area (Å²) in [6.07, 6.45) is 4.25. The number of benzene rings is 3. The number of imidazole rings is 1. The van der Waals surface area contributed by atoms with E-state index in [1.54, 1.807) is 49.1 Å². The summed E-state index contributed by atoms with van der Waals surface area (Å²) in [6.45, 7) is 0. The Kier molecular flexibility index (Phi) is 6.07. The maximum absolute atomic E-state index is 14.1. The minimum Gasteiger partial charge on any atom is -0.497 e. The summed E-state index contributed by atoms with van der Waals surface area (Å²) in [4.78, 5) is 18.1. The molecule has 0 bridgehead atoms. The molecule has 5 rings (SSSR count). The number of hydrogen-bond acceptors (Lipinski definition) is 6. The maximum atomic E-state index is 14.1. The van der Waals surface area contributed by atoms with Crippen LogP contribution < -0.4 is 10.1 Å². The lowest BCUT2D eigenvalue weighted by Crippen LogP contribution is -2.21. The molecule has 8 nitrogen and oxygen atoms in total. The topological polar surface area (TPSA) is 95.2 Å². The molecule has 0 aliphatic heterocycles. The molecule has 0 spiro atoms. The molecule has 0 saturated heterocycles. The first-order valence-corrected chi connectivity index (χ1v) is 12.7. The Morgan fingerprint density at radius 1 is 0.972 bits per heavy atom. The molecular formula is C27H24N4O4S. The summed E-state index contributed by atoms with van der Waals surface area (Å²) >= 11 is 0. The molecule has 1 N–H and O–H groups in total. The number of carbonyl (C=O) groups excluding carboxylic acids is 1. The number of aryl methyl sites for hydroxylation is 1. The second-order valence-corrected chi connectivity index (χ2v) is 10.1. The maximum Gasteiger partial charge on any atom is 0.287 e. The van der Waals surface area contributed by atoms with Crippen LogP contribution in [0.1, 0.15) is 22.0 Å². The minimum atomic E-state index is -4.02. The van der Waals surface area contributed by atoms with Gasteiger partial charge in [0.2, 0.25) is 0 Å². The zero-order chi connectivity index (χ0) is 25.3. The van der Waals surface area contributed by atoms with E-state index in [2.05, 4.69) is 10.3 Å². The van der Waals surface area contributed by atoms with Gasteiger partial charge in [0.1, 0.15) is 11.8 Å². The van der Waals surface area contributed by atoms with E-state index >= 15 is 0 Å². The lowest BCUT2D eigenvalue weighted by Gasteiger charge is -2.19. The van der Waals surface area contributed by atoms with E-state index in [9.17, 15) is 13.2 Å². The molecule has 36 heavy (non-hydrogen) atoms. The van der Waals surface area contributed by atoms with Crippen molar-refractivity contribution in [2.24, 2.45) is 7.05 Å². The Morgan fingerprint density at radius 2 is 1.72 bits per heavy atom. The highest BCUT2D eigenvalue weighted by Crippen LogP contribution is 2.31. The van der Waals surface area contributed by atoms with Crippen molar-refractivity contribution in [3.05, 3.63) is 109 Å². The summed E-state index contributed by atoms with van der Waals surface area (Å²) in [7, 11) is -0.743. The van der Waals surface area contributed by atoms with Crippen molar-refractivity contribution in [3.8, 4) is 5.75 Å². The van der Waals surface area contributed by atoms with Gasteiger partial charge in [-0.25, -0.2) is 8.96 Å². The van der Waals surface area contributed by atoms with Crippen LogP contribution in [0.2, 0.25) is 0 Å². The highest BCUT2D eigenvalue weighted by Gasteiger charge is 2.29. The van der Waals surface area contributed by atoms with Gasteiger partial charge in [0, 0.05) is 42.1 Å². The lowest BCUT2D eigenvalue weighted by atomic mass is 9.96. The zero-order valence-corrected chi connectivity index (χ0v) is 20.5. The third-order valence-electron chi connectivity index (χ3n) is 5.92. The van der Waals surface area contributed by atoms with Crippen molar-refractivity contribution in [1.82, 2.24) is 13.5 Å². The number of ether oxygens (including phenoxy) is 1. The Labute approximate surface area is 208 Å². The van der Waals surface area contributed by atoms with Gasteiger partial charge in [-0.3, -0.25) is 4.79 Å². The summed E-state index contributed by atoms with van der Waals surface area (Å²) in [5.41, 5.74) is 2.13. The molecule has 0 aliphatic carbocycles. The lowest BCUT2D eigenvalue weighted by molar-refractivity contribution is 0.0971. The SMILES string of the molecule is COc1cccc(NC(C(=O)c2cn(S(=O)(=O)c3cn(C)cn3)c3ccccc23)c2ccccc2)c1. The Balaban J connectivity index is 1.63. The third kappa shape index (κ3) is 4.25. The van der Waals surface area contributed by atoms with E-state index in [-0.39, 0.29) is 16.4 Å². The number of ketones is 1. The van der Waals surface area contributed by atoms with Crippen LogP contribution in [0.3, 0.4) is 0 Å². The molecule has 0 radical (unpaired) electrons. The van der Waals surface area contributed by atoms with Crippen LogP contribution in [0.5, 0.6) is 5.75 Å². The molecule has 5 aromatic rings. The highest BCUT2D eigenvalue weighted by molar-refractivity contribution is 7.90. The van der Waals surface area contributed by atoms with Gasteiger partial charge < -0.3 is 14.6 Å². The number of methoxy groups -OCH3 is 1. The normalized spacial score (nSPS) is 12.4. The predicted octanol–water partition coefficient (Wildman–Crippen LogP) is 4.66. The number of Topliss-reactive ketones (excluding diaryl/α,β-unsaturated/α-hetero) is 1. The predicted molar refractivity (Wildman–Crippen MR) is 138 cm³/mol. The Bertz CT molecular complexity index is 1660. The van der Waals surface area contributed by atoms with Gasteiger partial charge in [0.25, 0.3) is 10.0 Å². The molecule has 3 aromatic carbocycles. The van der Waals surface area contributed by atoms with Gasteiger partial charge in [0.15, 0.2) is 10.8 Å². The quantitative estimate of drug-likeness (QED) is 0.312. The third-order valence-corrected chi connectivity index (χ3v) is 7.48. The van der Waals surface area contributed by atoms with Gasteiger partial charge in [-0.1, -0.05) is 54.6 Å². The fourth-order valence-corrected chi connectivity index (χ4v) is 5.49. The number of aromatic nitrogens is 3. The number of para-hydroxylation sites is 1. The molecule has 9 heteroatoms. The van der Waals surface area contributed by atoms with Crippen LogP contribution in [-0.2, 0) is 17.1 Å². The molecule has 0 aliphatic rings. The van der Waals surface area contributed by atoms with Crippen molar-refractivity contribution < 1.29 is 17.9 Å². The van der Waals surface area contributed by atoms with E-state index in [0.29, 0.717) is 22.3 Å². The number of fused-ring (bicyclic) bond motifs is 1. The summed E-state index contributed by atoms with van der Waals surface area (Å²) < 4.78 is 34.9. The molecule has 1 atom stereocenters. The number of rotatable bonds is 8. The first-order valence-electron chi connectivity index (χ1n) is 11.2. The second kappa shape index (κ2) is 9.35. The van der Waals surface area contributed by atoms with E-state index in [1.807, 2.05) is 48.5 Å². The van der Waals surface area contributed by atoms with Gasteiger partial charge in [0.05, 0.1) is 19.0 Å². The van der Waals surface area contributed by atoms with Crippen LogP contribution in [-0.4, -0.2) is 34.8 Å². The molecule has 0 amide bonds. The first-order chi connectivity index (χ1) is 17.4. The van der Waals surface area contributed by atoms with Gasteiger partial charge in [-0.15, -0.1) is 0 Å². The van der Waals surface area contributed by atoms with Gasteiger partial charge in [-0.2, -0.15) is 8.42 Å². The van der Waals surface area contributed by atoms with Gasteiger partial charge >= 0.3 is 0 Å². The van der Waals surface area contributed by atoms with Gasteiger partial charge in [-0.05, 0) is 23.8 Å². The molecule has 2 heterocycles. The number of anilines is 1. The average Bonchev–Trinajstić information content (AvgIpc) is 3.52. The highest BCUT2D eigenvalue weighted by atomic mass is 32.2. The van der Waals surface area contributed by atoms with Crippen molar-refractivity contribution >= 4 is 32.4 Å². The number of carbonyl (C=O) groups is 1. The summed E-state index contributed by atoms with van der Waals surface area (Å²) in [5.74, 6) is 0.382. The second-order valence-electron chi connectivity index (χ2n) is 8.32.